The van der Waals surface area contributed by atoms with Crippen LogP contribution in [0.25, 0.3) is 33.3 Å². The molecule has 4 rings (SSSR count). The zero-order chi connectivity index (χ0) is 18.6. The van der Waals surface area contributed by atoms with E-state index in [0.29, 0.717) is 11.6 Å². The molecule has 0 bridgehead atoms. The number of hydrogen-bond donors (Lipinski definition) is 0. The lowest BCUT2D eigenvalue weighted by Crippen LogP contribution is -2.32. The third-order valence-corrected chi connectivity index (χ3v) is 5.08. The largest absolute Gasteiger partial charge is 0.437 e. The highest BCUT2D eigenvalue weighted by Crippen LogP contribution is 2.36. The molecule has 0 spiro atoms. The average molecular weight is 349 g/mol. The molecule has 0 aliphatic heterocycles. The van der Waals surface area contributed by atoms with Gasteiger partial charge >= 0.3 is 0 Å². The summed E-state index contributed by atoms with van der Waals surface area (Å²) in [6, 6.07) is 9.42. The van der Waals surface area contributed by atoms with Crippen LogP contribution in [0.5, 0.6) is 0 Å². The van der Waals surface area contributed by atoms with Crippen molar-refractivity contribution in [1.82, 2.24) is 4.98 Å². The minimum Gasteiger partial charge on any atom is -0.437 e. The van der Waals surface area contributed by atoms with Gasteiger partial charge in [-0.25, -0.2) is 4.57 Å². The summed E-state index contributed by atoms with van der Waals surface area (Å²) in [5.41, 5.74) is 6.90. The Morgan fingerprint density at radius 3 is 2.50 bits per heavy atom. The van der Waals surface area contributed by atoms with Gasteiger partial charge < -0.3 is 4.42 Å². The Morgan fingerprint density at radius 2 is 1.77 bits per heavy atom. The van der Waals surface area contributed by atoms with Crippen molar-refractivity contribution in [3.63, 3.8) is 0 Å². The monoisotopic (exact) mass is 349 g/mol. The summed E-state index contributed by atoms with van der Waals surface area (Å²) in [4.78, 5) is 3.91. The molecule has 3 aromatic heterocycles. The number of rotatable bonds is 2. The highest BCUT2D eigenvalue weighted by Gasteiger charge is 2.23. The van der Waals surface area contributed by atoms with Crippen molar-refractivity contribution in [2.75, 3.05) is 0 Å². The van der Waals surface area contributed by atoms with E-state index in [9.17, 15) is 4.39 Å². The minimum absolute atomic E-state index is 0.338. The second kappa shape index (κ2) is 5.90. The zero-order valence-electron chi connectivity index (χ0n) is 15.7. The first-order valence-electron chi connectivity index (χ1n) is 8.85. The van der Waals surface area contributed by atoms with E-state index in [0.717, 1.165) is 33.2 Å². The van der Waals surface area contributed by atoms with Crippen molar-refractivity contribution < 1.29 is 13.4 Å². The first-order valence-corrected chi connectivity index (χ1v) is 8.85. The van der Waals surface area contributed by atoms with Gasteiger partial charge in [0.2, 0.25) is 17.4 Å². The third-order valence-electron chi connectivity index (χ3n) is 5.08. The SMILES string of the molecule is Cc1cc(-c2c(C)ccc3c2oc2nc(F)ccc23)[n+](C)cc1C(C)C. The second-order valence-corrected chi connectivity index (χ2v) is 7.29. The number of nitrogens with zero attached hydrogens (tertiary/aromatic N) is 2. The summed E-state index contributed by atoms with van der Waals surface area (Å²) >= 11 is 0. The van der Waals surface area contributed by atoms with Crippen LogP contribution in [0.15, 0.2) is 40.9 Å². The minimum atomic E-state index is -0.530. The van der Waals surface area contributed by atoms with Crippen molar-refractivity contribution in [1.29, 1.82) is 0 Å². The first-order chi connectivity index (χ1) is 12.4. The van der Waals surface area contributed by atoms with Crippen LogP contribution >= 0.6 is 0 Å². The lowest BCUT2D eigenvalue weighted by molar-refractivity contribution is -0.660. The van der Waals surface area contributed by atoms with E-state index < -0.39 is 5.95 Å². The van der Waals surface area contributed by atoms with Crippen LogP contribution in [0.2, 0.25) is 0 Å². The maximum Gasteiger partial charge on any atom is 0.229 e. The molecule has 0 fully saturated rings. The summed E-state index contributed by atoms with van der Waals surface area (Å²) in [6.07, 6.45) is 2.19. The first kappa shape index (κ1) is 16.7. The van der Waals surface area contributed by atoms with Crippen LogP contribution in [-0.4, -0.2) is 4.98 Å². The summed E-state index contributed by atoms with van der Waals surface area (Å²) in [5.74, 6) is -0.0666. The second-order valence-electron chi connectivity index (χ2n) is 7.29. The van der Waals surface area contributed by atoms with Crippen molar-refractivity contribution in [2.45, 2.75) is 33.6 Å². The van der Waals surface area contributed by atoms with Crippen LogP contribution in [0.3, 0.4) is 0 Å². The normalized spacial score (nSPS) is 11.8. The Labute approximate surface area is 152 Å². The highest BCUT2D eigenvalue weighted by atomic mass is 19.1. The number of hydrogen-bond acceptors (Lipinski definition) is 2. The molecule has 0 aliphatic rings. The van der Waals surface area contributed by atoms with Crippen LogP contribution in [-0.2, 0) is 7.05 Å². The summed E-state index contributed by atoms with van der Waals surface area (Å²) < 4.78 is 21.7. The standard InChI is InChI=1S/C22H22FN2O/c1-12(2)17-11-25(5)18(10-14(17)4)20-13(3)6-7-15-16-8-9-19(23)24-22(16)26-21(15)20/h6-12H,1-5H3/q+1. The lowest BCUT2D eigenvalue weighted by Gasteiger charge is -2.11. The molecule has 26 heavy (non-hydrogen) atoms. The summed E-state index contributed by atoms with van der Waals surface area (Å²) in [7, 11) is 2.06. The Kier molecular flexibility index (Phi) is 3.79. The fourth-order valence-corrected chi connectivity index (χ4v) is 3.74. The Morgan fingerprint density at radius 1 is 1.04 bits per heavy atom. The van der Waals surface area contributed by atoms with Gasteiger partial charge in [0.15, 0.2) is 11.8 Å². The molecule has 0 radical (unpaired) electrons. The number of aryl methyl sites for hydroxylation is 3. The van der Waals surface area contributed by atoms with Crippen molar-refractivity contribution >= 4 is 22.1 Å². The molecular weight excluding hydrogens is 327 g/mol. The Balaban J connectivity index is 2.07. The molecule has 4 aromatic rings. The number of benzene rings is 1. The quantitative estimate of drug-likeness (QED) is 0.360. The molecule has 0 atom stereocenters. The van der Waals surface area contributed by atoms with Crippen LogP contribution in [0, 0.1) is 19.8 Å². The molecule has 0 aliphatic carbocycles. The number of fused-ring (bicyclic) bond motifs is 3. The third kappa shape index (κ3) is 2.48. The molecule has 0 saturated heterocycles. The average Bonchev–Trinajstić information content (AvgIpc) is 2.93. The predicted molar refractivity (Wildman–Crippen MR) is 102 cm³/mol. The maximum atomic E-state index is 13.5. The van der Waals surface area contributed by atoms with E-state index >= 15 is 0 Å². The molecule has 0 saturated carbocycles. The predicted octanol–water partition coefficient (Wildman–Crippen LogP) is 5.35. The van der Waals surface area contributed by atoms with Crippen LogP contribution in [0.4, 0.5) is 4.39 Å². The number of furan rings is 1. The van der Waals surface area contributed by atoms with Gasteiger partial charge in [0.25, 0.3) is 0 Å². The van der Waals surface area contributed by atoms with E-state index in [1.165, 1.54) is 17.2 Å². The summed E-state index contributed by atoms with van der Waals surface area (Å²) in [5, 5.41) is 1.79. The van der Waals surface area contributed by atoms with Gasteiger partial charge in [-0.15, -0.1) is 0 Å². The van der Waals surface area contributed by atoms with Gasteiger partial charge in [-0.2, -0.15) is 9.37 Å². The van der Waals surface area contributed by atoms with E-state index in [1.54, 1.807) is 6.07 Å². The smallest absolute Gasteiger partial charge is 0.229 e. The number of halogens is 1. The van der Waals surface area contributed by atoms with E-state index in [4.69, 9.17) is 4.42 Å². The molecule has 4 heteroatoms. The van der Waals surface area contributed by atoms with E-state index in [1.807, 2.05) is 6.07 Å². The topological polar surface area (TPSA) is 29.9 Å². The molecule has 0 unspecified atom stereocenters. The molecule has 0 amide bonds. The van der Waals surface area contributed by atoms with Gasteiger partial charge in [-0.1, -0.05) is 26.0 Å². The van der Waals surface area contributed by atoms with Crippen molar-refractivity contribution in [3.05, 3.63) is 59.2 Å². The van der Waals surface area contributed by atoms with Gasteiger partial charge in [0.05, 0.1) is 5.56 Å². The van der Waals surface area contributed by atoms with Gasteiger partial charge in [0, 0.05) is 22.4 Å². The zero-order valence-corrected chi connectivity index (χ0v) is 15.7. The van der Waals surface area contributed by atoms with Crippen molar-refractivity contribution in [2.24, 2.45) is 7.05 Å². The summed E-state index contributed by atoms with van der Waals surface area (Å²) in [6.45, 7) is 8.62. The molecule has 132 valence electrons. The van der Waals surface area contributed by atoms with E-state index in [-0.39, 0.29) is 0 Å². The lowest BCUT2D eigenvalue weighted by atomic mass is 9.96. The van der Waals surface area contributed by atoms with Gasteiger partial charge in [0.1, 0.15) is 7.05 Å². The number of pyridine rings is 2. The Bertz CT molecular complexity index is 1160. The fourth-order valence-electron chi connectivity index (χ4n) is 3.74. The molecule has 1 aromatic carbocycles. The fraction of sp³-hybridized carbons (Fsp3) is 0.273. The molecular formula is C22H22FN2O+. The molecule has 3 heterocycles. The molecule has 0 N–H and O–H groups in total. The highest BCUT2D eigenvalue weighted by molar-refractivity contribution is 6.08. The van der Waals surface area contributed by atoms with Crippen LogP contribution in [0.1, 0.15) is 36.5 Å². The van der Waals surface area contributed by atoms with Crippen LogP contribution < -0.4 is 4.57 Å². The number of aromatic nitrogens is 2. The maximum absolute atomic E-state index is 13.5. The Hall–Kier alpha value is -2.75. The van der Waals surface area contributed by atoms with Crippen molar-refractivity contribution in [3.8, 4) is 11.3 Å². The molecule has 3 nitrogen and oxygen atoms in total. The van der Waals surface area contributed by atoms with E-state index in [2.05, 4.69) is 62.6 Å². The van der Waals surface area contributed by atoms with Gasteiger partial charge in [-0.05, 0) is 43.0 Å². The van der Waals surface area contributed by atoms with Gasteiger partial charge in [-0.3, -0.25) is 0 Å².